The Labute approximate surface area is 104 Å². The van der Waals surface area contributed by atoms with Gasteiger partial charge in [-0.2, -0.15) is 0 Å². The minimum atomic E-state index is -0.494. The van der Waals surface area contributed by atoms with Gasteiger partial charge in [0.1, 0.15) is 18.2 Å². The lowest BCUT2D eigenvalue weighted by Gasteiger charge is -2.07. The van der Waals surface area contributed by atoms with E-state index in [0.717, 1.165) is 0 Å². The lowest BCUT2D eigenvalue weighted by Crippen LogP contribution is -2.00. The highest BCUT2D eigenvalue weighted by Gasteiger charge is 2.02. The molecule has 2 aromatic rings. The minimum absolute atomic E-state index is 0.0989. The zero-order chi connectivity index (χ0) is 13.0. The highest BCUT2D eigenvalue weighted by molar-refractivity contribution is 5.43. The van der Waals surface area contributed by atoms with Crippen molar-refractivity contribution in [1.29, 1.82) is 0 Å². The van der Waals surface area contributed by atoms with E-state index < -0.39 is 5.82 Å². The SMILES string of the molecule is COc1cccc(COc2ccc(N)c(F)c2)n1. The lowest BCUT2D eigenvalue weighted by molar-refractivity contribution is 0.296. The third kappa shape index (κ3) is 2.88. The van der Waals surface area contributed by atoms with Crippen LogP contribution in [0.25, 0.3) is 0 Å². The van der Waals surface area contributed by atoms with Gasteiger partial charge in [-0.3, -0.25) is 0 Å². The zero-order valence-electron chi connectivity index (χ0n) is 9.89. The highest BCUT2D eigenvalue weighted by atomic mass is 19.1. The summed E-state index contributed by atoms with van der Waals surface area (Å²) in [6, 6.07) is 9.68. The Morgan fingerprint density at radius 1 is 1.28 bits per heavy atom. The number of nitrogen functional groups attached to an aromatic ring is 1. The van der Waals surface area contributed by atoms with E-state index in [-0.39, 0.29) is 12.3 Å². The standard InChI is InChI=1S/C13H13FN2O2/c1-17-13-4-2-3-9(16-13)8-18-10-5-6-12(15)11(14)7-10/h2-7H,8,15H2,1H3. The van der Waals surface area contributed by atoms with Crippen LogP contribution in [0.1, 0.15) is 5.69 Å². The molecule has 1 aromatic carbocycles. The molecule has 0 aliphatic heterocycles. The number of methoxy groups -OCH3 is 1. The largest absolute Gasteiger partial charge is 0.487 e. The number of ether oxygens (including phenoxy) is 2. The Hall–Kier alpha value is -2.30. The molecular formula is C13H13FN2O2. The van der Waals surface area contributed by atoms with Crippen LogP contribution in [0.4, 0.5) is 10.1 Å². The summed E-state index contributed by atoms with van der Waals surface area (Å²) in [7, 11) is 1.54. The van der Waals surface area contributed by atoms with E-state index in [1.54, 1.807) is 25.3 Å². The summed E-state index contributed by atoms with van der Waals surface area (Å²) in [5.74, 6) is 0.428. The molecule has 0 aliphatic rings. The van der Waals surface area contributed by atoms with Crippen molar-refractivity contribution in [1.82, 2.24) is 4.98 Å². The van der Waals surface area contributed by atoms with Crippen molar-refractivity contribution in [2.24, 2.45) is 0 Å². The Kier molecular flexibility index (Phi) is 3.62. The number of benzene rings is 1. The Bertz CT molecular complexity index is 546. The van der Waals surface area contributed by atoms with Gasteiger partial charge in [0.2, 0.25) is 5.88 Å². The molecule has 1 heterocycles. The van der Waals surface area contributed by atoms with E-state index in [0.29, 0.717) is 17.3 Å². The van der Waals surface area contributed by atoms with Crippen molar-refractivity contribution in [3.05, 3.63) is 47.9 Å². The number of hydrogen-bond acceptors (Lipinski definition) is 4. The van der Waals surface area contributed by atoms with Gasteiger partial charge in [-0.05, 0) is 18.2 Å². The fourth-order valence-corrected chi connectivity index (χ4v) is 1.41. The number of halogens is 1. The van der Waals surface area contributed by atoms with E-state index >= 15 is 0 Å². The van der Waals surface area contributed by atoms with E-state index in [4.69, 9.17) is 15.2 Å². The van der Waals surface area contributed by atoms with E-state index in [2.05, 4.69) is 4.98 Å². The maximum Gasteiger partial charge on any atom is 0.213 e. The van der Waals surface area contributed by atoms with Crippen LogP contribution in [0.2, 0.25) is 0 Å². The molecule has 0 unspecified atom stereocenters. The van der Waals surface area contributed by atoms with Crippen LogP contribution < -0.4 is 15.2 Å². The minimum Gasteiger partial charge on any atom is -0.487 e. The molecule has 0 bridgehead atoms. The van der Waals surface area contributed by atoms with Crippen LogP contribution >= 0.6 is 0 Å². The number of anilines is 1. The number of pyridine rings is 1. The molecule has 2 N–H and O–H groups in total. The molecule has 18 heavy (non-hydrogen) atoms. The highest BCUT2D eigenvalue weighted by Crippen LogP contribution is 2.19. The van der Waals surface area contributed by atoms with Crippen molar-refractivity contribution >= 4 is 5.69 Å². The van der Waals surface area contributed by atoms with Crippen LogP contribution in [0.5, 0.6) is 11.6 Å². The van der Waals surface area contributed by atoms with Gasteiger partial charge in [0.25, 0.3) is 0 Å². The summed E-state index contributed by atoms with van der Waals surface area (Å²) in [4.78, 5) is 4.18. The van der Waals surface area contributed by atoms with Crippen LogP contribution in [0.15, 0.2) is 36.4 Å². The first-order valence-corrected chi connectivity index (χ1v) is 5.37. The lowest BCUT2D eigenvalue weighted by atomic mass is 10.3. The Morgan fingerprint density at radius 3 is 2.83 bits per heavy atom. The quantitative estimate of drug-likeness (QED) is 0.844. The molecule has 0 saturated heterocycles. The van der Waals surface area contributed by atoms with Crippen LogP contribution in [0.3, 0.4) is 0 Å². The van der Waals surface area contributed by atoms with Gasteiger partial charge < -0.3 is 15.2 Å². The molecule has 5 heteroatoms. The van der Waals surface area contributed by atoms with Crippen molar-refractivity contribution in [3.8, 4) is 11.6 Å². The van der Waals surface area contributed by atoms with Gasteiger partial charge in [0.05, 0.1) is 18.5 Å². The summed E-state index contributed by atoms with van der Waals surface area (Å²) in [6.07, 6.45) is 0. The molecule has 2 rings (SSSR count). The van der Waals surface area contributed by atoms with Gasteiger partial charge in [-0.15, -0.1) is 0 Å². The van der Waals surface area contributed by atoms with Crippen LogP contribution in [-0.4, -0.2) is 12.1 Å². The molecule has 0 atom stereocenters. The fraction of sp³-hybridized carbons (Fsp3) is 0.154. The van der Waals surface area contributed by atoms with E-state index in [9.17, 15) is 4.39 Å². The fourth-order valence-electron chi connectivity index (χ4n) is 1.41. The third-order valence-electron chi connectivity index (χ3n) is 2.35. The normalized spacial score (nSPS) is 10.1. The van der Waals surface area contributed by atoms with Gasteiger partial charge in [0.15, 0.2) is 0 Å². The van der Waals surface area contributed by atoms with Crippen molar-refractivity contribution in [2.45, 2.75) is 6.61 Å². The average Bonchev–Trinajstić information content (AvgIpc) is 2.40. The van der Waals surface area contributed by atoms with Gasteiger partial charge in [-0.1, -0.05) is 6.07 Å². The van der Waals surface area contributed by atoms with Gasteiger partial charge in [-0.25, -0.2) is 9.37 Å². The van der Waals surface area contributed by atoms with Crippen LogP contribution in [0, 0.1) is 5.82 Å². The third-order valence-corrected chi connectivity index (χ3v) is 2.35. The number of rotatable bonds is 4. The topological polar surface area (TPSA) is 57.4 Å². The maximum atomic E-state index is 13.2. The second kappa shape index (κ2) is 5.35. The number of hydrogen-bond donors (Lipinski definition) is 1. The van der Waals surface area contributed by atoms with E-state index in [1.165, 1.54) is 12.1 Å². The monoisotopic (exact) mass is 248 g/mol. The second-order valence-corrected chi connectivity index (χ2v) is 3.64. The maximum absolute atomic E-state index is 13.2. The predicted octanol–water partition coefficient (Wildman–Crippen LogP) is 2.39. The number of nitrogens with two attached hydrogens (primary N) is 1. The first kappa shape index (κ1) is 12.2. The molecule has 0 saturated carbocycles. The molecule has 4 nitrogen and oxygen atoms in total. The second-order valence-electron chi connectivity index (χ2n) is 3.64. The molecule has 0 radical (unpaired) electrons. The molecule has 0 amide bonds. The first-order chi connectivity index (χ1) is 8.69. The predicted molar refractivity (Wildman–Crippen MR) is 65.9 cm³/mol. The summed E-state index contributed by atoms with van der Waals surface area (Å²) < 4.78 is 23.6. The van der Waals surface area contributed by atoms with Crippen molar-refractivity contribution < 1.29 is 13.9 Å². The van der Waals surface area contributed by atoms with Gasteiger partial charge >= 0.3 is 0 Å². The van der Waals surface area contributed by atoms with Crippen molar-refractivity contribution in [3.63, 3.8) is 0 Å². The molecule has 0 aliphatic carbocycles. The summed E-state index contributed by atoms with van der Waals surface area (Å²) in [5, 5.41) is 0. The summed E-state index contributed by atoms with van der Waals surface area (Å²) in [5.41, 5.74) is 6.17. The summed E-state index contributed by atoms with van der Waals surface area (Å²) in [6.45, 7) is 0.237. The first-order valence-electron chi connectivity index (χ1n) is 5.37. The Morgan fingerprint density at radius 2 is 2.11 bits per heavy atom. The van der Waals surface area contributed by atoms with Crippen molar-refractivity contribution in [2.75, 3.05) is 12.8 Å². The average molecular weight is 248 g/mol. The molecule has 1 aromatic heterocycles. The molecule has 0 spiro atoms. The van der Waals surface area contributed by atoms with E-state index in [1.807, 2.05) is 6.07 Å². The Balaban J connectivity index is 2.04. The molecular weight excluding hydrogens is 235 g/mol. The number of aromatic nitrogens is 1. The zero-order valence-corrected chi connectivity index (χ0v) is 9.89. The van der Waals surface area contributed by atoms with Gasteiger partial charge in [0, 0.05) is 12.1 Å². The summed E-state index contributed by atoms with van der Waals surface area (Å²) >= 11 is 0. The van der Waals surface area contributed by atoms with Crippen LogP contribution in [-0.2, 0) is 6.61 Å². The smallest absolute Gasteiger partial charge is 0.213 e. The number of nitrogens with zero attached hydrogens (tertiary/aromatic N) is 1. The molecule has 94 valence electrons. The molecule has 0 fully saturated rings.